The van der Waals surface area contributed by atoms with Crippen LogP contribution in [0, 0.1) is 0 Å². The van der Waals surface area contributed by atoms with Crippen LogP contribution in [-0.4, -0.2) is 31.1 Å². The lowest BCUT2D eigenvalue weighted by molar-refractivity contribution is -0.145. The Morgan fingerprint density at radius 1 is 1.54 bits per heavy atom. The summed E-state index contributed by atoms with van der Waals surface area (Å²) in [5.74, 6) is -4.48. The van der Waals surface area contributed by atoms with Crippen molar-refractivity contribution in [1.82, 2.24) is 5.32 Å². The molecule has 0 radical (unpaired) electrons. The maximum atomic E-state index is 12.4. The topological polar surface area (TPSA) is 38.3 Å². The Labute approximate surface area is 75.4 Å². The van der Waals surface area contributed by atoms with E-state index in [1.165, 1.54) is 0 Å². The minimum Gasteiger partial charge on any atom is -0.381 e. The van der Waals surface area contributed by atoms with Crippen LogP contribution in [0.3, 0.4) is 0 Å². The highest BCUT2D eigenvalue weighted by molar-refractivity contribution is 5.83. The van der Waals surface area contributed by atoms with Crippen molar-refractivity contribution in [3.05, 3.63) is 0 Å². The third-order valence-electron chi connectivity index (χ3n) is 2.16. The second-order valence-corrected chi connectivity index (χ2v) is 3.39. The highest BCUT2D eigenvalue weighted by Gasteiger charge is 2.37. The number of rotatable bonds is 3. The molecule has 1 N–H and O–H groups in total. The van der Waals surface area contributed by atoms with E-state index in [2.05, 4.69) is 5.32 Å². The fraction of sp³-hybridized carbons (Fsp3) is 0.875. The SMILES string of the molecule is COC1CC(NC(=O)C(C)(F)F)C1. The quantitative estimate of drug-likeness (QED) is 0.724. The van der Waals surface area contributed by atoms with E-state index >= 15 is 0 Å². The molecule has 1 rings (SSSR count). The van der Waals surface area contributed by atoms with Crippen LogP contribution in [0.4, 0.5) is 8.78 Å². The number of halogens is 2. The van der Waals surface area contributed by atoms with Gasteiger partial charge in [0, 0.05) is 20.1 Å². The molecule has 1 fully saturated rings. The number of carbonyl (C=O) groups excluding carboxylic acids is 1. The van der Waals surface area contributed by atoms with Crippen molar-refractivity contribution in [3.8, 4) is 0 Å². The molecule has 1 aliphatic carbocycles. The van der Waals surface area contributed by atoms with Crippen molar-refractivity contribution >= 4 is 5.91 Å². The molecule has 1 aliphatic rings. The predicted molar refractivity (Wildman–Crippen MR) is 42.6 cm³/mol. The Morgan fingerprint density at radius 2 is 2.08 bits per heavy atom. The standard InChI is InChI=1S/C8H13F2NO2/c1-8(9,10)7(12)11-5-3-6(4-5)13-2/h5-6H,3-4H2,1-2H3,(H,11,12). The molecule has 0 heterocycles. The predicted octanol–water partition coefficient (Wildman–Crippen LogP) is 0.935. The molecule has 0 unspecified atom stereocenters. The highest BCUT2D eigenvalue weighted by Crippen LogP contribution is 2.23. The molecule has 1 saturated carbocycles. The molecule has 1 amide bonds. The summed E-state index contributed by atoms with van der Waals surface area (Å²) >= 11 is 0. The molecule has 5 heteroatoms. The molecular formula is C8H13F2NO2. The molecule has 0 bridgehead atoms. The monoisotopic (exact) mass is 193 g/mol. The van der Waals surface area contributed by atoms with Crippen molar-refractivity contribution in [2.75, 3.05) is 7.11 Å². The number of hydrogen-bond donors (Lipinski definition) is 1. The van der Waals surface area contributed by atoms with Crippen LogP contribution in [0.5, 0.6) is 0 Å². The summed E-state index contributed by atoms with van der Waals surface area (Å²) in [4.78, 5) is 10.8. The fourth-order valence-corrected chi connectivity index (χ4v) is 1.19. The Hall–Kier alpha value is -0.710. The van der Waals surface area contributed by atoms with Gasteiger partial charge in [-0.1, -0.05) is 0 Å². The van der Waals surface area contributed by atoms with Crippen molar-refractivity contribution < 1.29 is 18.3 Å². The lowest BCUT2D eigenvalue weighted by Crippen LogP contribution is -2.51. The summed E-state index contributed by atoms with van der Waals surface area (Å²) in [7, 11) is 1.57. The van der Waals surface area contributed by atoms with Gasteiger partial charge in [0.25, 0.3) is 5.91 Å². The molecule has 3 nitrogen and oxygen atoms in total. The van der Waals surface area contributed by atoms with Crippen LogP contribution in [-0.2, 0) is 9.53 Å². The molecule has 0 spiro atoms. The van der Waals surface area contributed by atoms with E-state index in [-0.39, 0.29) is 12.1 Å². The number of ether oxygens (including phenoxy) is 1. The average molecular weight is 193 g/mol. The summed E-state index contributed by atoms with van der Waals surface area (Å²) in [5.41, 5.74) is 0. The third kappa shape index (κ3) is 2.62. The molecule has 0 aliphatic heterocycles. The van der Waals surface area contributed by atoms with Gasteiger partial charge in [-0.05, 0) is 12.8 Å². The zero-order chi connectivity index (χ0) is 10.1. The van der Waals surface area contributed by atoms with Crippen LogP contribution in [0.2, 0.25) is 0 Å². The number of methoxy groups -OCH3 is 1. The van der Waals surface area contributed by atoms with E-state index in [0.717, 1.165) is 0 Å². The van der Waals surface area contributed by atoms with E-state index in [4.69, 9.17) is 4.74 Å². The van der Waals surface area contributed by atoms with Crippen molar-refractivity contribution in [3.63, 3.8) is 0 Å². The number of nitrogens with one attached hydrogen (secondary N) is 1. The number of alkyl halides is 2. The first-order chi connectivity index (χ1) is 5.93. The number of amides is 1. The van der Waals surface area contributed by atoms with E-state index in [1.54, 1.807) is 7.11 Å². The van der Waals surface area contributed by atoms with Crippen molar-refractivity contribution in [2.45, 2.75) is 37.8 Å². The van der Waals surface area contributed by atoms with E-state index in [9.17, 15) is 13.6 Å². The van der Waals surface area contributed by atoms with Gasteiger partial charge in [0.15, 0.2) is 0 Å². The van der Waals surface area contributed by atoms with Gasteiger partial charge in [0.05, 0.1) is 6.10 Å². The summed E-state index contributed by atoms with van der Waals surface area (Å²) in [6.45, 7) is 0.592. The van der Waals surface area contributed by atoms with Crippen LogP contribution >= 0.6 is 0 Å². The Bertz CT molecular complexity index is 197. The Morgan fingerprint density at radius 3 is 2.46 bits per heavy atom. The molecular weight excluding hydrogens is 180 g/mol. The third-order valence-corrected chi connectivity index (χ3v) is 2.16. The van der Waals surface area contributed by atoms with Gasteiger partial charge < -0.3 is 10.1 Å². The van der Waals surface area contributed by atoms with Gasteiger partial charge in [0.2, 0.25) is 0 Å². The average Bonchev–Trinajstić information content (AvgIpc) is 1.93. The van der Waals surface area contributed by atoms with E-state index in [1.807, 2.05) is 0 Å². The van der Waals surface area contributed by atoms with Crippen LogP contribution in [0.1, 0.15) is 19.8 Å². The largest absolute Gasteiger partial charge is 0.381 e. The normalized spacial score (nSPS) is 28.0. The van der Waals surface area contributed by atoms with Crippen LogP contribution < -0.4 is 5.32 Å². The van der Waals surface area contributed by atoms with Gasteiger partial charge in [0.1, 0.15) is 0 Å². The lowest BCUT2D eigenvalue weighted by atomic mass is 9.89. The highest BCUT2D eigenvalue weighted by atomic mass is 19.3. The Balaban J connectivity index is 2.25. The molecule has 0 aromatic heterocycles. The van der Waals surface area contributed by atoms with Gasteiger partial charge in [-0.15, -0.1) is 0 Å². The van der Waals surface area contributed by atoms with Gasteiger partial charge in [-0.3, -0.25) is 4.79 Å². The van der Waals surface area contributed by atoms with Gasteiger partial charge >= 0.3 is 5.92 Å². The summed E-state index contributed by atoms with van der Waals surface area (Å²) < 4.78 is 29.7. The summed E-state index contributed by atoms with van der Waals surface area (Å²) in [5, 5.41) is 2.25. The first-order valence-electron chi connectivity index (χ1n) is 4.15. The van der Waals surface area contributed by atoms with Gasteiger partial charge in [-0.25, -0.2) is 0 Å². The fourth-order valence-electron chi connectivity index (χ4n) is 1.19. The number of hydrogen-bond acceptors (Lipinski definition) is 2. The lowest BCUT2D eigenvalue weighted by Gasteiger charge is -2.35. The van der Waals surface area contributed by atoms with Gasteiger partial charge in [-0.2, -0.15) is 8.78 Å². The first-order valence-corrected chi connectivity index (χ1v) is 4.15. The molecule has 0 saturated heterocycles. The molecule has 76 valence electrons. The molecule has 0 atom stereocenters. The zero-order valence-corrected chi connectivity index (χ0v) is 7.64. The minimum atomic E-state index is -3.28. The molecule has 0 aromatic carbocycles. The smallest absolute Gasteiger partial charge is 0.321 e. The maximum Gasteiger partial charge on any atom is 0.321 e. The number of carbonyl (C=O) groups is 1. The maximum absolute atomic E-state index is 12.4. The second-order valence-electron chi connectivity index (χ2n) is 3.39. The molecule has 13 heavy (non-hydrogen) atoms. The molecule has 0 aromatic rings. The summed E-state index contributed by atoms with van der Waals surface area (Å²) in [6.07, 6.45) is 1.35. The van der Waals surface area contributed by atoms with Crippen LogP contribution in [0.25, 0.3) is 0 Å². The second kappa shape index (κ2) is 3.57. The first kappa shape index (κ1) is 10.4. The van der Waals surface area contributed by atoms with Crippen molar-refractivity contribution in [2.24, 2.45) is 0 Å². The minimum absolute atomic E-state index is 0.107. The van der Waals surface area contributed by atoms with E-state index in [0.29, 0.717) is 19.8 Å². The Kier molecular flexibility index (Phi) is 2.85. The van der Waals surface area contributed by atoms with Crippen LogP contribution in [0.15, 0.2) is 0 Å². The summed E-state index contributed by atoms with van der Waals surface area (Å²) in [6, 6.07) is -0.150. The van der Waals surface area contributed by atoms with Crippen molar-refractivity contribution in [1.29, 1.82) is 0 Å². The van der Waals surface area contributed by atoms with E-state index < -0.39 is 11.8 Å². The zero-order valence-electron chi connectivity index (χ0n) is 7.64.